The largest absolute Gasteiger partial charge is 0.465 e. The van der Waals surface area contributed by atoms with Crippen LogP contribution < -0.4 is 10.6 Å². The first kappa shape index (κ1) is 21.6. The van der Waals surface area contributed by atoms with Crippen molar-refractivity contribution in [2.75, 3.05) is 11.9 Å². The summed E-state index contributed by atoms with van der Waals surface area (Å²) >= 11 is 0. The number of hydrogen-bond donors (Lipinski definition) is 3. The molecule has 4 rings (SSSR count). The van der Waals surface area contributed by atoms with Gasteiger partial charge in [-0.3, -0.25) is 4.79 Å². The number of pyridine rings is 1. The van der Waals surface area contributed by atoms with Crippen LogP contribution in [0, 0.1) is 5.41 Å². The molecule has 1 fully saturated rings. The highest BCUT2D eigenvalue weighted by Crippen LogP contribution is 2.32. The first-order chi connectivity index (χ1) is 15.2. The molecule has 3 aromatic rings. The Bertz CT molecular complexity index is 1120. The maximum atomic E-state index is 13.3. The minimum atomic E-state index is -0.959. The number of nitrogens with one attached hydrogen (secondary N) is 2. The van der Waals surface area contributed by atoms with Gasteiger partial charge in [0.15, 0.2) is 5.65 Å². The van der Waals surface area contributed by atoms with Crippen LogP contribution in [-0.4, -0.2) is 55.2 Å². The Labute approximate surface area is 186 Å². The number of likely N-dealkylation sites (tertiary alicyclic amines) is 1. The summed E-state index contributed by atoms with van der Waals surface area (Å²) in [6.45, 7) is 6.46. The highest BCUT2D eigenvalue weighted by molar-refractivity contribution is 5.93. The van der Waals surface area contributed by atoms with Crippen molar-refractivity contribution in [3.63, 3.8) is 0 Å². The van der Waals surface area contributed by atoms with Gasteiger partial charge in [0, 0.05) is 12.2 Å². The van der Waals surface area contributed by atoms with E-state index in [9.17, 15) is 14.7 Å². The summed E-state index contributed by atoms with van der Waals surface area (Å²) in [7, 11) is 0. The molecule has 32 heavy (non-hydrogen) atoms. The van der Waals surface area contributed by atoms with Crippen LogP contribution in [0.5, 0.6) is 0 Å². The molecule has 168 valence electrons. The zero-order valence-corrected chi connectivity index (χ0v) is 18.4. The molecule has 0 radical (unpaired) electrons. The summed E-state index contributed by atoms with van der Waals surface area (Å²) < 4.78 is 1.50. The number of rotatable bonds is 4. The fraction of sp³-hybridized carbons (Fsp3) is 0.391. The monoisotopic (exact) mass is 436 g/mol. The predicted octanol–water partition coefficient (Wildman–Crippen LogP) is 3.76. The van der Waals surface area contributed by atoms with Gasteiger partial charge in [0.25, 0.3) is 5.91 Å². The van der Waals surface area contributed by atoms with Gasteiger partial charge in [0.2, 0.25) is 5.95 Å². The van der Waals surface area contributed by atoms with Crippen molar-refractivity contribution in [1.29, 1.82) is 0 Å². The number of carbonyl (C=O) groups is 2. The number of fused-ring (bicyclic) bond motifs is 1. The summed E-state index contributed by atoms with van der Waals surface area (Å²) in [6.07, 6.45) is 0.451. The minimum absolute atomic E-state index is 0.298. The number of benzene rings is 1. The lowest BCUT2D eigenvalue weighted by molar-refractivity contribution is 0.0357. The summed E-state index contributed by atoms with van der Waals surface area (Å²) in [5.74, 6) is 0.0805. The fourth-order valence-corrected chi connectivity index (χ4v) is 4.46. The van der Waals surface area contributed by atoms with Crippen LogP contribution in [0.25, 0.3) is 5.65 Å². The molecule has 2 aromatic heterocycles. The molecule has 9 heteroatoms. The van der Waals surface area contributed by atoms with E-state index in [-0.39, 0.29) is 23.4 Å². The van der Waals surface area contributed by atoms with E-state index in [0.717, 1.165) is 5.69 Å². The third-order valence-corrected chi connectivity index (χ3v) is 5.70. The fourth-order valence-electron chi connectivity index (χ4n) is 4.46. The van der Waals surface area contributed by atoms with Gasteiger partial charge in [-0.15, -0.1) is 5.10 Å². The molecule has 0 aliphatic carbocycles. The average Bonchev–Trinajstić information content (AvgIpc) is 3.15. The Morgan fingerprint density at radius 2 is 1.84 bits per heavy atom. The van der Waals surface area contributed by atoms with Crippen molar-refractivity contribution in [3.8, 4) is 0 Å². The molecule has 2 amide bonds. The van der Waals surface area contributed by atoms with E-state index in [1.54, 1.807) is 18.2 Å². The number of aromatic nitrogens is 3. The molecule has 1 aliphatic heterocycles. The summed E-state index contributed by atoms with van der Waals surface area (Å²) in [6, 6.07) is 14.2. The van der Waals surface area contributed by atoms with Crippen LogP contribution in [0.4, 0.5) is 16.4 Å². The van der Waals surface area contributed by atoms with Crippen LogP contribution in [-0.2, 0) is 0 Å². The van der Waals surface area contributed by atoms with Crippen molar-refractivity contribution < 1.29 is 14.7 Å². The Hall–Kier alpha value is -3.62. The Kier molecular flexibility index (Phi) is 5.73. The number of carbonyl (C=O) groups excluding carboxylic acids is 1. The molecule has 9 nitrogen and oxygen atoms in total. The van der Waals surface area contributed by atoms with Crippen molar-refractivity contribution in [2.45, 2.75) is 45.7 Å². The normalized spacial score (nSPS) is 19.0. The van der Waals surface area contributed by atoms with Crippen molar-refractivity contribution in [2.24, 2.45) is 5.41 Å². The predicted molar refractivity (Wildman–Crippen MR) is 121 cm³/mol. The van der Waals surface area contributed by atoms with Gasteiger partial charge in [-0.05, 0) is 42.5 Å². The van der Waals surface area contributed by atoms with Gasteiger partial charge in [-0.1, -0.05) is 45.0 Å². The lowest BCUT2D eigenvalue weighted by Crippen LogP contribution is -2.61. The molecule has 3 heterocycles. The molecule has 3 N–H and O–H groups in total. The number of para-hydroxylation sites is 1. The van der Waals surface area contributed by atoms with E-state index >= 15 is 0 Å². The molecule has 1 aromatic carbocycles. The van der Waals surface area contributed by atoms with Gasteiger partial charge in [0.1, 0.15) is 5.69 Å². The zero-order valence-electron chi connectivity index (χ0n) is 18.4. The lowest BCUT2D eigenvalue weighted by atomic mass is 9.77. The smallest absolute Gasteiger partial charge is 0.407 e. The van der Waals surface area contributed by atoms with Gasteiger partial charge in [-0.25, -0.2) is 9.31 Å². The van der Waals surface area contributed by atoms with Crippen LogP contribution in [0.3, 0.4) is 0 Å². The highest BCUT2D eigenvalue weighted by Gasteiger charge is 2.42. The van der Waals surface area contributed by atoms with E-state index in [4.69, 9.17) is 0 Å². The topological polar surface area (TPSA) is 112 Å². The number of hydrogen-bond acceptors (Lipinski definition) is 5. The van der Waals surface area contributed by atoms with E-state index in [0.29, 0.717) is 36.7 Å². The van der Waals surface area contributed by atoms with Gasteiger partial charge >= 0.3 is 6.09 Å². The van der Waals surface area contributed by atoms with Crippen molar-refractivity contribution >= 4 is 29.3 Å². The minimum Gasteiger partial charge on any atom is -0.465 e. The zero-order chi connectivity index (χ0) is 22.9. The van der Waals surface area contributed by atoms with Crippen LogP contribution in [0.1, 0.15) is 44.1 Å². The first-order valence-corrected chi connectivity index (χ1v) is 10.7. The third kappa shape index (κ3) is 4.37. The van der Waals surface area contributed by atoms with Crippen LogP contribution in [0.15, 0.2) is 48.5 Å². The second-order valence-electron chi connectivity index (χ2n) is 9.12. The number of nitrogens with zero attached hydrogens (tertiary/aromatic N) is 4. The lowest BCUT2D eigenvalue weighted by Gasteiger charge is -2.46. The average molecular weight is 437 g/mol. The third-order valence-electron chi connectivity index (χ3n) is 5.70. The van der Waals surface area contributed by atoms with Crippen molar-refractivity contribution in [3.05, 3.63) is 54.2 Å². The quantitative estimate of drug-likeness (QED) is 0.574. The summed E-state index contributed by atoms with van der Waals surface area (Å²) in [5, 5.41) is 20.4. The highest BCUT2D eigenvalue weighted by atomic mass is 16.4. The number of carboxylic acid groups (broad SMARTS) is 1. The molecule has 1 saturated heterocycles. The van der Waals surface area contributed by atoms with E-state index in [1.165, 1.54) is 9.42 Å². The summed E-state index contributed by atoms with van der Waals surface area (Å²) in [5.41, 5.74) is 1.40. The first-order valence-electron chi connectivity index (χ1n) is 10.7. The van der Waals surface area contributed by atoms with E-state index < -0.39 is 6.09 Å². The maximum Gasteiger partial charge on any atom is 0.407 e. The van der Waals surface area contributed by atoms with E-state index in [2.05, 4.69) is 20.7 Å². The number of amides is 2. The molecule has 2 unspecified atom stereocenters. The molecule has 2 atom stereocenters. The van der Waals surface area contributed by atoms with Gasteiger partial charge in [-0.2, -0.15) is 4.98 Å². The van der Waals surface area contributed by atoms with E-state index in [1.807, 2.05) is 51.1 Å². The molecule has 0 spiro atoms. The molecule has 0 bridgehead atoms. The maximum absolute atomic E-state index is 13.3. The van der Waals surface area contributed by atoms with Crippen molar-refractivity contribution in [1.82, 2.24) is 24.8 Å². The second kappa shape index (κ2) is 8.49. The van der Waals surface area contributed by atoms with Gasteiger partial charge < -0.3 is 20.6 Å². The number of anilines is 2. The number of piperidine rings is 1. The van der Waals surface area contributed by atoms with Gasteiger partial charge in [0.05, 0.1) is 12.1 Å². The SMILES string of the molecule is CC(C)(C)C1C(NC(=O)c2cccc3nc(Nc4ccccc4)nn23)CCCN1C(=O)O. The standard InChI is InChI=1S/C23H28N6O3/c1-23(2,3)19-16(11-8-14-28(19)22(31)32)25-20(30)17-12-7-13-18-26-21(27-29(17)18)24-15-9-5-4-6-10-15/h4-7,9-10,12-13,16,19H,8,11,14H2,1-3H3,(H,24,27)(H,25,30)(H,31,32). The molecule has 0 saturated carbocycles. The second-order valence-corrected chi connectivity index (χ2v) is 9.12. The Morgan fingerprint density at radius 1 is 1.09 bits per heavy atom. The molecular weight excluding hydrogens is 408 g/mol. The Balaban J connectivity index is 1.60. The Morgan fingerprint density at radius 3 is 2.53 bits per heavy atom. The van der Waals surface area contributed by atoms with Crippen LogP contribution >= 0.6 is 0 Å². The van der Waals surface area contributed by atoms with Crippen LogP contribution in [0.2, 0.25) is 0 Å². The molecular formula is C23H28N6O3. The molecule has 1 aliphatic rings. The summed E-state index contributed by atoms with van der Waals surface area (Å²) in [4.78, 5) is 31.0.